The quantitative estimate of drug-likeness (QED) is 0.403. The third-order valence-corrected chi connectivity index (χ3v) is 3.50. The summed E-state index contributed by atoms with van der Waals surface area (Å²) >= 11 is 6.48. The SMILES string of the molecule is CC(C)CN(CC(C)C)CC(Cl)c1cccc([N+](=O)[O-])c1. The van der Waals surface area contributed by atoms with Crippen LogP contribution >= 0.6 is 11.6 Å². The fraction of sp³-hybridized carbons (Fsp3) is 0.625. The van der Waals surface area contributed by atoms with Crippen LogP contribution in [0.3, 0.4) is 0 Å². The fourth-order valence-electron chi connectivity index (χ4n) is 2.42. The summed E-state index contributed by atoms with van der Waals surface area (Å²) in [5.41, 5.74) is 0.904. The van der Waals surface area contributed by atoms with Crippen molar-refractivity contribution in [2.45, 2.75) is 33.1 Å². The van der Waals surface area contributed by atoms with E-state index in [2.05, 4.69) is 32.6 Å². The Kier molecular flexibility index (Phi) is 7.12. The molecule has 4 nitrogen and oxygen atoms in total. The van der Waals surface area contributed by atoms with Crippen LogP contribution < -0.4 is 0 Å². The molecule has 0 aliphatic carbocycles. The summed E-state index contributed by atoms with van der Waals surface area (Å²) in [5.74, 6) is 1.13. The zero-order chi connectivity index (χ0) is 16.0. The maximum Gasteiger partial charge on any atom is 0.269 e. The summed E-state index contributed by atoms with van der Waals surface area (Å²) in [4.78, 5) is 12.8. The van der Waals surface area contributed by atoms with Gasteiger partial charge < -0.3 is 4.90 Å². The van der Waals surface area contributed by atoms with Crippen molar-refractivity contribution < 1.29 is 4.92 Å². The Morgan fingerprint density at radius 3 is 2.19 bits per heavy atom. The molecule has 118 valence electrons. The van der Waals surface area contributed by atoms with Crippen LogP contribution in [0.25, 0.3) is 0 Å². The molecule has 1 aromatic carbocycles. The van der Waals surface area contributed by atoms with Crippen molar-refractivity contribution in [2.75, 3.05) is 19.6 Å². The van der Waals surface area contributed by atoms with Gasteiger partial charge in [0.1, 0.15) is 0 Å². The minimum absolute atomic E-state index is 0.0948. The van der Waals surface area contributed by atoms with Crippen LogP contribution in [0.4, 0.5) is 5.69 Å². The van der Waals surface area contributed by atoms with Gasteiger partial charge in [-0.1, -0.05) is 39.8 Å². The van der Waals surface area contributed by atoms with Gasteiger partial charge in [0.05, 0.1) is 10.3 Å². The van der Waals surface area contributed by atoms with Gasteiger partial charge in [0.2, 0.25) is 0 Å². The molecule has 0 bridgehead atoms. The Hall–Kier alpha value is -1.13. The number of benzene rings is 1. The normalized spacial score (nSPS) is 13.1. The molecule has 0 aromatic heterocycles. The molecule has 0 saturated carbocycles. The van der Waals surface area contributed by atoms with Gasteiger partial charge >= 0.3 is 0 Å². The monoisotopic (exact) mass is 312 g/mol. The maximum absolute atomic E-state index is 10.8. The highest BCUT2D eigenvalue weighted by Gasteiger charge is 2.17. The van der Waals surface area contributed by atoms with Crippen LogP contribution in [0.5, 0.6) is 0 Å². The van der Waals surface area contributed by atoms with Gasteiger partial charge in [-0.25, -0.2) is 0 Å². The summed E-state index contributed by atoms with van der Waals surface area (Å²) < 4.78 is 0. The van der Waals surface area contributed by atoms with E-state index in [0.29, 0.717) is 18.4 Å². The number of alkyl halides is 1. The van der Waals surface area contributed by atoms with E-state index in [-0.39, 0.29) is 16.0 Å². The number of non-ortho nitro benzene ring substituents is 1. The fourth-order valence-corrected chi connectivity index (χ4v) is 2.75. The molecular formula is C16H25ClN2O2. The summed E-state index contributed by atoms with van der Waals surface area (Å²) in [6, 6.07) is 6.61. The maximum atomic E-state index is 10.8. The summed E-state index contributed by atoms with van der Waals surface area (Å²) in [6.45, 7) is 11.4. The van der Waals surface area contributed by atoms with Crippen molar-refractivity contribution >= 4 is 17.3 Å². The average molecular weight is 313 g/mol. The number of nitrogens with zero attached hydrogens (tertiary/aromatic N) is 2. The molecule has 1 atom stereocenters. The predicted octanol–water partition coefficient (Wildman–Crippen LogP) is 4.49. The third kappa shape index (κ3) is 6.44. The van der Waals surface area contributed by atoms with Gasteiger partial charge in [-0.2, -0.15) is 0 Å². The van der Waals surface area contributed by atoms with E-state index in [4.69, 9.17) is 11.6 Å². The lowest BCUT2D eigenvalue weighted by atomic mass is 10.1. The standard InChI is InChI=1S/C16H25ClN2O2/c1-12(2)9-18(10-13(3)4)11-16(17)14-6-5-7-15(8-14)19(20)21/h5-8,12-13,16H,9-11H2,1-4H3. The number of halogens is 1. The lowest BCUT2D eigenvalue weighted by Crippen LogP contribution is -2.34. The zero-order valence-corrected chi connectivity index (χ0v) is 14.0. The molecule has 0 spiro atoms. The Labute approximate surface area is 132 Å². The third-order valence-electron chi connectivity index (χ3n) is 3.11. The van der Waals surface area contributed by atoms with Crippen molar-refractivity contribution in [3.8, 4) is 0 Å². The van der Waals surface area contributed by atoms with E-state index in [1.54, 1.807) is 12.1 Å². The van der Waals surface area contributed by atoms with Crippen LogP contribution in [0.1, 0.15) is 38.6 Å². The molecule has 0 aliphatic heterocycles. The molecule has 0 saturated heterocycles. The van der Waals surface area contributed by atoms with Crippen LogP contribution in [0, 0.1) is 22.0 Å². The van der Waals surface area contributed by atoms with Crippen LogP contribution in [-0.2, 0) is 0 Å². The van der Waals surface area contributed by atoms with Gasteiger partial charge in [-0.3, -0.25) is 10.1 Å². The Morgan fingerprint density at radius 1 is 1.14 bits per heavy atom. The van der Waals surface area contributed by atoms with E-state index >= 15 is 0 Å². The molecule has 0 radical (unpaired) electrons. The minimum atomic E-state index is -0.382. The van der Waals surface area contributed by atoms with Crippen molar-refractivity contribution in [1.82, 2.24) is 4.90 Å². The Bertz CT molecular complexity index is 453. The van der Waals surface area contributed by atoms with Gasteiger partial charge in [-0.15, -0.1) is 11.6 Å². The smallest absolute Gasteiger partial charge is 0.269 e. The van der Waals surface area contributed by atoms with Gasteiger partial charge in [0.25, 0.3) is 5.69 Å². The highest BCUT2D eigenvalue weighted by molar-refractivity contribution is 6.21. The summed E-state index contributed by atoms with van der Waals surface area (Å²) in [6.07, 6.45) is 0. The van der Waals surface area contributed by atoms with E-state index in [9.17, 15) is 10.1 Å². The highest BCUT2D eigenvalue weighted by Crippen LogP contribution is 2.25. The molecule has 21 heavy (non-hydrogen) atoms. The molecule has 0 N–H and O–H groups in total. The Balaban J connectivity index is 2.78. The van der Waals surface area contributed by atoms with Crippen molar-refractivity contribution in [1.29, 1.82) is 0 Å². The molecule has 1 unspecified atom stereocenters. The van der Waals surface area contributed by atoms with E-state index in [1.807, 2.05) is 6.07 Å². The first-order valence-corrected chi connectivity index (χ1v) is 7.84. The largest absolute Gasteiger partial charge is 0.301 e. The molecule has 0 fully saturated rings. The molecule has 0 amide bonds. The minimum Gasteiger partial charge on any atom is -0.301 e. The zero-order valence-electron chi connectivity index (χ0n) is 13.3. The highest BCUT2D eigenvalue weighted by atomic mass is 35.5. The van der Waals surface area contributed by atoms with Gasteiger partial charge in [-0.05, 0) is 17.4 Å². The van der Waals surface area contributed by atoms with Crippen molar-refractivity contribution in [3.63, 3.8) is 0 Å². The van der Waals surface area contributed by atoms with E-state index < -0.39 is 0 Å². The first-order valence-electron chi connectivity index (χ1n) is 7.40. The van der Waals surface area contributed by atoms with Gasteiger partial charge in [0, 0.05) is 31.8 Å². The van der Waals surface area contributed by atoms with Crippen LogP contribution in [0.15, 0.2) is 24.3 Å². The molecule has 5 heteroatoms. The Morgan fingerprint density at radius 2 is 1.71 bits per heavy atom. The molecule has 1 aromatic rings. The number of nitro benzene ring substituents is 1. The second kappa shape index (κ2) is 8.35. The predicted molar refractivity (Wildman–Crippen MR) is 87.8 cm³/mol. The van der Waals surface area contributed by atoms with Crippen molar-refractivity contribution in [2.24, 2.45) is 11.8 Å². The number of rotatable bonds is 8. The second-order valence-corrected chi connectivity index (χ2v) is 6.85. The van der Waals surface area contributed by atoms with E-state index in [0.717, 1.165) is 18.7 Å². The summed E-state index contributed by atoms with van der Waals surface area (Å²) in [5, 5.41) is 10.6. The first kappa shape index (κ1) is 17.9. The number of nitro groups is 1. The molecule has 0 heterocycles. The topological polar surface area (TPSA) is 46.4 Å². The lowest BCUT2D eigenvalue weighted by molar-refractivity contribution is -0.384. The van der Waals surface area contributed by atoms with Crippen LogP contribution in [0.2, 0.25) is 0 Å². The summed E-state index contributed by atoms with van der Waals surface area (Å²) in [7, 11) is 0. The van der Waals surface area contributed by atoms with Gasteiger partial charge in [0.15, 0.2) is 0 Å². The second-order valence-electron chi connectivity index (χ2n) is 6.33. The molecular weight excluding hydrogens is 288 g/mol. The van der Waals surface area contributed by atoms with E-state index in [1.165, 1.54) is 6.07 Å². The average Bonchev–Trinajstić information content (AvgIpc) is 2.37. The number of hydrogen-bond acceptors (Lipinski definition) is 3. The van der Waals surface area contributed by atoms with Crippen LogP contribution in [-0.4, -0.2) is 29.5 Å². The lowest BCUT2D eigenvalue weighted by Gasteiger charge is -2.28. The molecule has 1 rings (SSSR count). The number of hydrogen-bond donors (Lipinski definition) is 0. The van der Waals surface area contributed by atoms with Crippen molar-refractivity contribution in [3.05, 3.63) is 39.9 Å². The first-order chi connectivity index (χ1) is 9.79. The molecule has 0 aliphatic rings.